The summed E-state index contributed by atoms with van der Waals surface area (Å²) in [6.45, 7) is 16.9. The Morgan fingerprint density at radius 1 is 1.22 bits per heavy atom. The summed E-state index contributed by atoms with van der Waals surface area (Å²) in [5, 5.41) is 3.29. The van der Waals surface area contributed by atoms with E-state index in [0.29, 0.717) is 0 Å². The molecule has 4 nitrogen and oxygen atoms in total. The lowest BCUT2D eigenvalue weighted by molar-refractivity contribution is -0.157. The van der Waals surface area contributed by atoms with Gasteiger partial charge in [0.05, 0.1) is 0 Å². The molecule has 1 N–H and O–H groups in total. The molecule has 0 rings (SSSR count). The first kappa shape index (κ1) is 17.4. The van der Waals surface area contributed by atoms with E-state index in [1.165, 1.54) is 0 Å². The summed E-state index contributed by atoms with van der Waals surface area (Å²) in [6.07, 6.45) is 0. The van der Waals surface area contributed by atoms with E-state index in [2.05, 4.69) is 31.0 Å². The average molecular weight is 258 g/mol. The molecule has 0 aromatic heterocycles. The van der Waals surface area contributed by atoms with Gasteiger partial charge in [-0.3, -0.25) is 4.79 Å². The molecule has 0 heterocycles. The highest BCUT2D eigenvalue weighted by atomic mass is 16.6. The summed E-state index contributed by atoms with van der Waals surface area (Å²) in [4.78, 5) is 14.2. The van der Waals surface area contributed by atoms with E-state index in [4.69, 9.17) is 4.74 Å². The van der Waals surface area contributed by atoms with Gasteiger partial charge in [-0.25, -0.2) is 0 Å². The minimum atomic E-state index is -0.421. The van der Waals surface area contributed by atoms with Crippen LogP contribution in [0.25, 0.3) is 0 Å². The van der Waals surface area contributed by atoms with Crippen molar-refractivity contribution in [2.24, 2.45) is 0 Å². The van der Waals surface area contributed by atoms with Crippen LogP contribution in [0.2, 0.25) is 0 Å². The second-order valence-electron chi connectivity index (χ2n) is 5.81. The molecule has 0 saturated carbocycles. The van der Waals surface area contributed by atoms with Crippen LogP contribution >= 0.6 is 0 Å². The summed E-state index contributed by atoms with van der Waals surface area (Å²) < 4.78 is 5.34. The molecule has 0 aliphatic carbocycles. The van der Waals surface area contributed by atoms with Crippen LogP contribution in [0.15, 0.2) is 0 Å². The molecule has 108 valence electrons. The van der Waals surface area contributed by atoms with Gasteiger partial charge in [0.2, 0.25) is 0 Å². The van der Waals surface area contributed by atoms with Gasteiger partial charge in [-0.05, 0) is 47.7 Å². The number of ether oxygens (including phenoxy) is 1. The highest BCUT2D eigenvalue weighted by Crippen LogP contribution is 2.08. The van der Waals surface area contributed by atoms with Crippen molar-refractivity contribution >= 4 is 5.97 Å². The van der Waals surface area contributed by atoms with Gasteiger partial charge in [-0.2, -0.15) is 0 Å². The van der Waals surface area contributed by atoms with Crippen LogP contribution in [0.5, 0.6) is 0 Å². The number of rotatable bonds is 7. The minimum absolute atomic E-state index is 0.186. The largest absolute Gasteiger partial charge is 0.459 e. The molecule has 0 bridgehead atoms. The first-order valence-electron chi connectivity index (χ1n) is 6.90. The monoisotopic (exact) mass is 258 g/mol. The van der Waals surface area contributed by atoms with E-state index in [0.717, 1.165) is 19.6 Å². The second-order valence-corrected chi connectivity index (χ2v) is 5.81. The van der Waals surface area contributed by atoms with E-state index in [1.54, 1.807) is 0 Å². The molecule has 0 spiro atoms. The first-order valence-corrected chi connectivity index (χ1v) is 6.90. The van der Waals surface area contributed by atoms with Gasteiger partial charge >= 0.3 is 5.97 Å². The third kappa shape index (κ3) is 7.67. The molecule has 0 radical (unpaired) electrons. The molecule has 0 aromatic rings. The third-order valence-electron chi connectivity index (χ3n) is 2.72. The molecule has 0 aliphatic rings. The Morgan fingerprint density at radius 2 is 1.72 bits per heavy atom. The average Bonchev–Trinajstić information content (AvgIpc) is 2.23. The zero-order valence-corrected chi connectivity index (χ0v) is 13.0. The SMILES string of the molecule is CCN(CC)CC(C)NC(C)C(=O)OC(C)(C)C. The summed E-state index contributed by atoms with van der Waals surface area (Å²) in [5.41, 5.74) is -0.421. The minimum Gasteiger partial charge on any atom is -0.459 e. The van der Waals surface area contributed by atoms with Crippen molar-refractivity contribution < 1.29 is 9.53 Å². The Kier molecular flexibility index (Phi) is 7.48. The van der Waals surface area contributed by atoms with Crippen molar-refractivity contribution in [1.82, 2.24) is 10.2 Å². The van der Waals surface area contributed by atoms with Gasteiger partial charge in [-0.1, -0.05) is 13.8 Å². The van der Waals surface area contributed by atoms with Crippen molar-refractivity contribution in [3.05, 3.63) is 0 Å². The Balaban J connectivity index is 4.14. The van der Waals surface area contributed by atoms with Crippen molar-refractivity contribution in [3.63, 3.8) is 0 Å². The predicted octanol–water partition coefficient (Wildman–Crippen LogP) is 2.04. The molecular formula is C14H30N2O2. The molecule has 0 fully saturated rings. The molecule has 2 atom stereocenters. The van der Waals surface area contributed by atoms with Gasteiger partial charge < -0.3 is 15.0 Å². The number of nitrogens with one attached hydrogen (secondary N) is 1. The standard InChI is InChI=1S/C14H30N2O2/c1-8-16(9-2)10-11(3)15-12(4)13(17)18-14(5,6)7/h11-12,15H,8-10H2,1-7H3. The smallest absolute Gasteiger partial charge is 0.323 e. The maximum atomic E-state index is 11.8. The molecule has 2 unspecified atom stereocenters. The van der Waals surface area contributed by atoms with Gasteiger partial charge in [0.15, 0.2) is 0 Å². The van der Waals surface area contributed by atoms with Crippen LogP contribution < -0.4 is 5.32 Å². The lowest BCUT2D eigenvalue weighted by Crippen LogP contribution is -2.47. The van der Waals surface area contributed by atoms with Crippen LogP contribution in [-0.4, -0.2) is 48.2 Å². The quantitative estimate of drug-likeness (QED) is 0.710. The Morgan fingerprint density at radius 3 is 2.11 bits per heavy atom. The number of esters is 1. The maximum Gasteiger partial charge on any atom is 0.323 e. The Labute approximate surface area is 112 Å². The molecule has 0 amide bonds. The number of carbonyl (C=O) groups excluding carboxylic acids is 1. The summed E-state index contributed by atoms with van der Waals surface area (Å²) in [7, 11) is 0. The third-order valence-corrected chi connectivity index (χ3v) is 2.72. The number of hydrogen-bond acceptors (Lipinski definition) is 4. The van der Waals surface area contributed by atoms with Gasteiger partial charge in [0, 0.05) is 12.6 Å². The predicted molar refractivity (Wildman–Crippen MR) is 75.7 cm³/mol. The van der Waals surface area contributed by atoms with E-state index in [1.807, 2.05) is 27.7 Å². The number of hydrogen-bond donors (Lipinski definition) is 1. The van der Waals surface area contributed by atoms with Crippen molar-refractivity contribution in [3.8, 4) is 0 Å². The lowest BCUT2D eigenvalue weighted by atomic mass is 10.2. The van der Waals surface area contributed by atoms with Crippen LogP contribution in [0.4, 0.5) is 0 Å². The zero-order chi connectivity index (χ0) is 14.3. The van der Waals surface area contributed by atoms with Crippen molar-refractivity contribution in [2.45, 2.75) is 66.2 Å². The molecular weight excluding hydrogens is 228 g/mol. The number of likely N-dealkylation sites (N-methyl/N-ethyl adjacent to an activating group) is 1. The van der Waals surface area contributed by atoms with E-state index < -0.39 is 5.60 Å². The van der Waals surface area contributed by atoms with Gasteiger partial charge in [0.1, 0.15) is 11.6 Å². The molecule has 0 aliphatic heterocycles. The van der Waals surface area contributed by atoms with E-state index >= 15 is 0 Å². The fourth-order valence-electron chi connectivity index (χ4n) is 1.81. The fraction of sp³-hybridized carbons (Fsp3) is 0.929. The number of nitrogens with zero attached hydrogens (tertiary/aromatic N) is 1. The van der Waals surface area contributed by atoms with Crippen LogP contribution in [0, 0.1) is 0 Å². The second kappa shape index (κ2) is 7.74. The van der Waals surface area contributed by atoms with Gasteiger partial charge in [-0.15, -0.1) is 0 Å². The Hall–Kier alpha value is -0.610. The summed E-state index contributed by atoms with van der Waals surface area (Å²) in [6, 6.07) is 0.00204. The van der Waals surface area contributed by atoms with Crippen molar-refractivity contribution in [1.29, 1.82) is 0 Å². The zero-order valence-electron chi connectivity index (χ0n) is 13.0. The van der Waals surface area contributed by atoms with E-state index in [9.17, 15) is 4.79 Å². The van der Waals surface area contributed by atoms with Crippen LogP contribution in [-0.2, 0) is 9.53 Å². The summed E-state index contributed by atoms with van der Waals surface area (Å²) >= 11 is 0. The fourth-order valence-corrected chi connectivity index (χ4v) is 1.81. The van der Waals surface area contributed by atoms with E-state index in [-0.39, 0.29) is 18.1 Å². The Bertz CT molecular complexity index is 245. The first-order chi connectivity index (χ1) is 8.19. The molecule has 18 heavy (non-hydrogen) atoms. The highest BCUT2D eigenvalue weighted by Gasteiger charge is 2.22. The summed E-state index contributed by atoms with van der Waals surface area (Å²) in [5.74, 6) is -0.186. The molecule has 4 heteroatoms. The topological polar surface area (TPSA) is 41.6 Å². The molecule has 0 aromatic carbocycles. The molecule has 0 saturated heterocycles. The number of carbonyl (C=O) groups is 1. The lowest BCUT2D eigenvalue weighted by Gasteiger charge is -2.27. The maximum absolute atomic E-state index is 11.8. The van der Waals surface area contributed by atoms with Crippen LogP contribution in [0.1, 0.15) is 48.5 Å². The van der Waals surface area contributed by atoms with Gasteiger partial charge in [0.25, 0.3) is 0 Å². The highest BCUT2D eigenvalue weighted by molar-refractivity contribution is 5.75. The normalized spacial score (nSPS) is 15.6. The van der Waals surface area contributed by atoms with Crippen LogP contribution in [0.3, 0.4) is 0 Å². The van der Waals surface area contributed by atoms with Crippen molar-refractivity contribution in [2.75, 3.05) is 19.6 Å².